The van der Waals surface area contributed by atoms with Gasteiger partial charge in [0.1, 0.15) is 0 Å². The van der Waals surface area contributed by atoms with Crippen LogP contribution >= 0.6 is 0 Å². The van der Waals surface area contributed by atoms with Gasteiger partial charge in [0.2, 0.25) is 0 Å². The Labute approximate surface area is 170 Å². The number of anilines is 1. The van der Waals surface area contributed by atoms with Crippen LogP contribution in [0.25, 0.3) is 21.9 Å². The number of aliphatic hydroxyl groups excluding tert-OH is 1. The van der Waals surface area contributed by atoms with Crippen molar-refractivity contribution >= 4 is 39.5 Å². The number of aliphatic carboxylic acids is 1. The second-order valence-corrected chi connectivity index (χ2v) is 7.05. The fourth-order valence-corrected chi connectivity index (χ4v) is 4.01. The minimum Gasteiger partial charge on any atom is -0.503 e. The number of nitrogens with one attached hydrogen (secondary N) is 1. The number of nitrogens with zero attached hydrogens (tertiary/aromatic N) is 3. The molecule has 0 saturated carbocycles. The first-order chi connectivity index (χ1) is 14.5. The van der Waals surface area contributed by atoms with E-state index in [1.807, 2.05) is 18.2 Å². The van der Waals surface area contributed by atoms with Crippen LogP contribution in [-0.4, -0.2) is 37.0 Å². The largest absolute Gasteiger partial charge is 0.503 e. The van der Waals surface area contributed by atoms with E-state index in [4.69, 9.17) is 0 Å². The highest BCUT2D eigenvalue weighted by Gasteiger charge is 2.42. The first-order valence-corrected chi connectivity index (χ1v) is 9.29. The standard InChI is InChI=1S/C22H16N4O4/c27-18(28)10-15-20(14-5-1-3-12-4-2-8-23-19(12)14)26(22(30)21(15)29)13-6-7-16-17(9-13)25-11-24-16/h1-9,11,20,29H,10H2,(H,24,25)(H,27,28). The number of aliphatic hydroxyl groups is 1. The van der Waals surface area contributed by atoms with Crippen molar-refractivity contribution < 1.29 is 19.8 Å². The van der Waals surface area contributed by atoms with Gasteiger partial charge in [-0.3, -0.25) is 19.5 Å². The predicted molar refractivity (Wildman–Crippen MR) is 110 cm³/mol. The normalized spacial score (nSPS) is 16.7. The molecule has 0 bridgehead atoms. The Bertz CT molecular complexity index is 1350. The number of pyridine rings is 1. The number of carbonyl (C=O) groups is 2. The summed E-state index contributed by atoms with van der Waals surface area (Å²) >= 11 is 0. The minimum absolute atomic E-state index is 0.135. The molecule has 8 nitrogen and oxygen atoms in total. The number of H-pyrrole nitrogens is 1. The molecule has 148 valence electrons. The summed E-state index contributed by atoms with van der Waals surface area (Å²) in [6, 6.07) is 13.7. The number of amides is 1. The van der Waals surface area contributed by atoms with Crippen LogP contribution in [0.4, 0.5) is 5.69 Å². The summed E-state index contributed by atoms with van der Waals surface area (Å²) in [5, 5.41) is 20.9. The molecule has 1 amide bonds. The molecule has 1 atom stereocenters. The third-order valence-corrected chi connectivity index (χ3v) is 5.30. The van der Waals surface area contributed by atoms with Gasteiger partial charge in [0.25, 0.3) is 5.91 Å². The summed E-state index contributed by atoms with van der Waals surface area (Å²) < 4.78 is 0. The third kappa shape index (κ3) is 2.69. The molecule has 1 aliphatic rings. The first kappa shape index (κ1) is 17.9. The van der Waals surface area contributed by atoms with Crippen LogP contribution < -0.4 is 4.90 Å². The van der Waals surface area contributed by atoms with E-state index >= 15 is 0 Å². The zero-order valence-electron chi connectivity index (χ0n) is 15.6. The summed E-state index contributed by atoms with van der Waals surface area (Å²) in [4.78, 5) is 37.7. The number of imidazole rings is 1. The summed E-state index contributed by atoms with van der Waals surface area (Å²) in [5.74, 6) is -2.32. The molecule has 2 aromatic carbocycles. The molecule has 0 fully saturated rings. The van der Waals surface area contributed by atoms with E-state index in [0.717, 1.165) is 16.4 Å². The van der Waals surface area contributed by atoms with Gasteiger partial charge in [-0.25, -0.2) is 4.98 Å². The van der Waals surface area contributed by atoms with Gasteiger partial charge in [-0.05, 0) is 24.3 Å². The highest BCUT2D eigenvalue weighted by atomic mass is 16.4. The maximum Gasteiger partial charge on any atom is 0.307 e. The fourth-order valence-electron chi connectivity index (χ4n) is 4.01. The van der Waals surface area contributed by atoms with Crippen LogP contribution in [0.3, 0.4) is 0 Å². The van der Waals surface area contributed by atoms with Gasteiger partial charge in [0.15, 0.2) is 5.76 Å². The van der Waals surface area contributed by atoms with Gasteiger partial charge >= 0.3 is 5.97 Å². The summed E-state index contributed by atoms with van der Waals surface area (Å²) in [6.45, 7) is 0. The van der Waals surface area contributed by atoms with Crippen LogP contribution in [0.15, 0.2) is 72.4 Å². The van der Waals surface area contributed by atoms with Crippen molar-refractivity contribution in [3.8, 4) is 0 Å². The summed E-state index contributed by atoms with van der Waals surface area (Å²) in [5.41, 5.74) is 3.39. The van der Waals surface area contributed by atoms with Gasteiger partial charge < -0.3 is 15.2 Å². The third-order valence-electron chi connectivity index (χ3n) is 5.30. The number of rotatable bonds is 4. The molecular weight excluding hydrogens is 384 g/mol. The highest BCUT2D eigenvalue weighted by Crippen LogP contribution is 2.43. The molecule has 30 heavy (non-hydrogen) atoms. The second-order valence-electron chi connectivity index (χ2n) is 7.05. The zero-order valence-corrected chi connectivity index (χ0v) is 15.6. The topological polar surface area (TPSA) is 119 Å². The molecule has 0 spiro atoms. The second kappa shape index (κ2) is 6.70. The Morgan fingerprint density at radius 2 is 1.97 bits per heavy atom. The zero-order chi connectivity index (χ0) is 20.8. The lowest BCUT2D eigenvalue weighted by atomic mass is 9.94. The number of benzene rings is 2. The number of carboxylic acids is 1. The predicted octanol–water partition coefficient (Wildman–Crippen LogP) is 3.49. The summed E-state index contributed by atoms with van der Waals surface area (Å²) in [7, 11) is 0. The Morgan fingerprint density at radius 1 is 1.13 bits per heavy atom. The molecule has 1 unspecified atom stereocenters. The van der Waals surface area contributed by atoms with E-state index in [9.17, 15) is 19.8 Å². The molecule has 5 rings (SSSR count). The van der Waals surface area contributed by atoms with E-state index in [2.05, 4.69) is 15.0 Å². The average molecular weight is 400 g/mol. The van der Waals surface area contributed by atoms with Crippen LogP contribution in [0.1, 0.15) is 18.0 Å². The molecule has 8 heteroatoms. The Morgan fingerprint density at radius 3 is 2.80 bits per heavy atom. The lowest BCUT2D eigenvalue weighted by Gasteiger charge is -2.27. The molecule has 4 aromatic rings. The van der Waals surface area contributed by atoms with E-state index in [-0.39, 0.29) is 5.57 Å². The van der Waals surface area contributed by atoms with Gasteiger partial charge in [-0.15, -0.1) is 0 Å². The average Bonchev–Trinajstić information content (AvgIpc) is 3.31. The minimum atomic E-state index is -1.13. The van der Waals surface area contributed by atoms with Crippen molar-refractivity contribution in [1.29, 1.82) is 0 Å². The van der Waals surface area contributed by atoms with Crippen molar-refractivity contribution in [3.63, 3.8) is 0 Å². The number of aromatic nitrogens is 3. The summed E-state index contributed by atoms with van der Waals surface area (Å²) in [6.07, 6.45) is 2.73. The number of carbonyl (C=O) groups excluding carboxylic acids is 1. The lowest BCUT2D eigenvalue weighted by Crippen LogP contribution is -2.30. The molecule has 0 saturated heterocycles. The van der Waals surface area contributed by atoms with Crippen molar-refractivity contribution in [2.75, 3.05) is 4.90 Å². The van der Waals surface area contributed by atoms with E-state index in [1.54, 1.807) is 42.9 Å². The van der Waals surface area contributed by atoms with Crippen LogP contribution in [0.2, 0.25) is 0 Å². The molecule has 2 aromatic heterocycles. The van der Waals surface area contributed by atoms with Crippen molar-refractivity contribution in [2.24, 2.45) is 0 Å². The van der Waals surface area contributed by atoms with Crippen molar-refractivity contribution in [1.82, 2.24) is 15.0 Å². The van der Waals surface area contributed by atoms with Gasteiger partial charge in [-0.1, -0.05) is 24.3 Å². The Hall–Kier alpha value is -4.20. The number of carboxylic acid groups (broad SMARTS) is 1. The molecule has 3 heterocycles. The smallest absolute Gasteiger partial charge is 0.307 e. The molecular formula is C22H16N4O4. The van der Waals surface area contributed by atoms with Gasteiger partial charge in [0.05, 0.1) is 35.3 Å². The van der Waals surface area contributed by atoms with Crippen molar-refractivity contribution in [2.45, 2.75) is 12.5 Å². The number of para-hydroxylation sites is 1. The van der Waals surface area contributed by atoms with E-state index < -0.39 is 30.1 Å². The lowest BCUT2D eigenvalue weighted by molar-refractivity contribution is -0.136. The SMILES string of the molecule is O=C(O)CC1=C(O)C(=O)N(c2ccc3nc[nH]c3c2)C1c1cccc2cccnc12. The molecule has 0 aliphatic carbocycles. The number of aromatic amines is 1. The maximum absolute atomic E-state index is 13.1. The van der Waals surface area contributed by atoms with Crippen LogP contribution in [-0.2, 0) is 9.59 Å². The monoisotopic (exact) mass is 400 g/mol. The first-order valence-electron chi connectivity index (χ1n) is 9.29. The van der Waals surface area contributed by atoms with Gasteiger partial charge in [-0.2, -0.15) is 0 Å². The quantitative estimate of drug-likeness (QED) is 0.482. The number of hydrogen-bond donors (Lipinski definition) is 3. The highest BCUT2D eigenvalue weighted by molar-refractivity contribution is 6.10. The van der Waals surface area contributed by atoms with E-state index in [1.165, 1.54) is 4.90 Å². The molecule has 3 N–H and O–H groups in total. The van der Waals surface area contributed by atoms with Crippen LogP contribution in [0, 0.1) is 0 Å². The maximum atomic E-state index is 13.1. The van der Waals surface area contributed by atoms with Crippen LogP contribution in [0.5, 0.6) is 0 Å². The number of fused-ring (bicyclic) bond motifs is 2. The number of hydrogen-bond acceptors (Lipinski definition) is 5. The molecule has 1 aliphatic heterocycles. The van der Waals surface area contributed by atoms with E-state index in [0.29, 0.717) is 16.8 Å². The van der Waals surface area contributed by atoms with Crippen molar-refractivity contribution in [3.05, 3.63) is 78.0 Å². The Balaban J connectivity index is 1.74. The fraction of sp³-hybridized carbons (Fsp3) is 0.0909. The molecule has 0 radical (unpaired) electrons. The Kier molecular flexibility index (Phi) is 3.99. The van der Waals surface area contributed by atoms with Gasteiger partial charge in [0, 0.05) is 28.4 Å².